The van der Waals surface area contributed by atoms with Crippen molar-refractivity contribution in [1.82, 2.24) is 25.2 Å². The number of amides is 1. The number of carbonyl (C=O) groups excluding carboxylic acids is 1. The molecule has 4 aromatic rings. The van der Waals surface area contributed by atoms with E-state index in [4.69, 9.17) is 0 Å². The molecule has 7 nitrogen and oxygen atoms in total. The van der Waals surface area contributed by atoms with Crippen molar-refractivity contribution in [3.05, 3.63) is 57.3 Å². The number of benzene rings is 1. The smallest absolute Gasteiger partial charge is 0.267 e. The van der Waals surface area contributed by atoms with Crippen molar-refractivity contribution in [3.8, 4) is 16.9 Å². The lowest BCUT2D eigenvalue weighted by Gasteiger charge is -2.07. The van der Waals surface area contributed by atoms with Crippen LogP contribution in [0.2, 0.25) is 0 Å². The Morgan fingerprint density at radius 3 is 2.92 bits per heavy atom. The maximum absolute atomic E-state index is 12.6. The third-order valence-corrected chi connectivity index (χ3v) is 5.16. The number of thiazole rings is 1. The van der Waals surface area contributed by atoms with Gasteiger partial charge in [0, 0.05) is 16.6 Å². The fraction of sp³-hybridized carbons (Fsp3) is 0.0625. The second kappa shape index (κ2) is 6.54. The second-order valence-corrected chi connectivity index (χ2v) is 7.15. The van der Waals surface area contributed by atoms with E-state index in [9.17, 15) is 4.79 Å². The Balaban J connectivity index is 1.59. The molecule has 4 rings (SSSR count). The van der Waals surface area contributed by atoms with E-state index in [1.54, 1.807) is 11.3 Å². The molecule has 0 saturated carbocycles. The largest absolute Gasteiger partial charge is 0.321 e. The van der Waals surface area contributed by atoms with Crippen LogP contribution in [-0.2, 0) is 0 Å². The fourth-order valence-corrected chi connectivity index (χ4v) is 3.76. The average Bonchev–Trinajstić information content (AvgIpc) is 3.36. The van der Waals surface area contributed by atoms with E-state index in [0.717, 1.165) is 16.3 Å². The SMILES string of the molecule is Cc1nc(-c2cccc(NC(=O)c3sccc3-n3cnnn3)c2)cs1. The van der Waals surface area contributed by atoms with Crippen LogP contribution in [0.4, 0.5) is 5.69 Å². The summed E-state index contributed by atoms with van der Waals surface area (Å²) in [4.78, 5) is 17.7. The van der Waals surface area contributed by atoms with Gasteiger partial charge < -0.3 is 5.32 Å². The molecule has 25 heavy (non-hydrogen) atoms. The summed E-state index contributed by atoms with van der Waals surface area (Å²) in [5.41, 5.74) is 3.24. The summed E-state index contributed by atoms with van der Waals surface area (Å²) < 4.78 is 1.47. The van der Waals surface area contributed by atoms with Crippen molar-refractivity contribution >= 4 is 34.3 Å². The number of rotatable bonds is 4. The molecule has 3 heterocycles. The Bertz CT molecular complexity index is 1020. The molecule has 124 valence electrons. The third kappa shape index (κ3) is 3.19. The molecule has 0 aliphatic heterocycles. The summed E-state index contributed by atoms with van der Waals surface area (Å²) >= 11 is 2.94. The Hall–Kier alpha value is -2.91. The van der Waals surface area contributed by atoms with Crippen LogP contribution in [0, 0.1) is 6.92 Å². The molecule has 1 aromatic carbocycles. The number of nitrogens with one attached hydrogen (secondary N) is 1. The lowest BCUT2D eigenvalue weighted by Crippen LogP contribution is -2.13. The number of hydrogen-bond acceptors (Lipinski definition) is 7. The van der Waals surface area contributed by atoms with Gasteiger partial charge in [0.2, 0.25) is 0 Å². The normalized spacial score (nSPS) is 10.8. The highest BCUT2D eigenvalue weighted by Crippen LogP contribution is 2.26. The van der Waals surface area contributed by atoms with Gasteiger partial charge in [-0.05, 0) is 40.9 Å². The molecule has 0 spiro atoms. The Kier molecular flexibility index (Phi) is 4.08. The van der Waals surface area contributed by atoms with Gasteiger partial charge in [0.1, 0.15) is 11.2 Å². The molecule has 9 heteroatoms. The summed E-state index contributed by atoms with van der Waals surface area (Å²) in [5, 5.41) is 18.8. The quantitative estimate of drug-likeness (QED) is 0.597. The monoisotopic (exact) mass is 368 g/mol. The van der Waals surface area contributed by atoms with Gasteiger partial charge in [-0.2, -0.15) is 4.68 Å². The zero-order valence-electron chi connectivity index (χ0n) is 13.1. The molecule has 0 atom stereocenters. The first-order valence-electron chi connectivity index (χ1n) is 7.35. The van der Waals surface area contributed by atoms with Crippen molar-refractivity contribution in [3.63, 3.8) is 0 Å². The molecule has 3 aromatic heterocycles. The molecule has 0 fully saturated rings. The molecule has 0 saturated heterocycles. The molecule has 0 radical (unpaired) electrons. The van der Waals surface area contributed by atoms with Crippen LogP contribution in [0.15, 0.2) is 47.4 Å². The standard InChI is InChI=1S/C16H12N6OS2/c1-10-18-13(8-25-10)11-3-2-4-12(7-11)19-16(23)15-14(5-6-24-15)22-9-17-20-21-22/h2-9H,1H3,(H,19,23). The number of aryl methyl sites for hydroxylation is 1. The lowest BCUT2D eigenvalue weighted by molar-refractivity contribution is 0.103. The van der Waals surface area contributed by atoms with E-state index in [-0.39, 0.29) is 5.91 Å². The van der Waals surface area contributed by atoms with E-state index >= 15 is 0 Å². The minimum absolute atomic E-state index is 0.202. The van der Waals surface area contributed by atoms with E-state index in [2.05, 4.69) is 25.8 Å². The van der Waals surface area contributed by atoms with Crippen LogP contribution in [-0.4, -0.2) is 31.1 Å². The average molecular weight is 368 g/mol. The maximum atomic E-state index is 12.6. The first kappa shape index (κ1) is 15.6. The maximum Gasteiger partial charge on any atom is 0.267 e. The Morgan fingerprint density at radius 2 is 2.16 bits per heavy atom. The van der Waals surface area contributed by atoms with Crippen LogP contribution in [0.3, 0.4) is 0 Å². The van der Waals surface area contributed by atoms with Crippen LogP contribution < -0.4 is 5.32 Å². The van der Waals surface area contributed by atoms with E-state index in [1.165, 1.54) is 22.3 Å². The highest BCUT2D eigenvalue weighted by atomic mass is 32.1. The number of anilines is 1. The zero-order chi connectivity index (χ0) is 17.2. The number of thiophene rings is 1. The summed E-state index contributed by atoms with van der Waals surface area (Å²) in [6.07, 6.45) is 1.46. The molecule has 0 unspecified atom stereocenters. The van der Waals surface area contributed by atoms with Crippen molar-refractivity contribution in [2.24, 2.45) is 0 Å². The number of hydrogen-bond donors (Lipinski definition) is 1. The fourth-order valence-electron chi connectivity index (χ4n) is 2.36. The van der Waals surface area contributed by atoms with Crippen LogP contribution in [0.5, 0.6) is 0 Å². The summed E-state index contributed by atoms with van der Waals surface area (Å²) in [7, 11) is 0. The van der Waals surface area contributed by atoms with Crippen LogP contribution in [0.1, 0.15) is 14.7 Å². The highest BCUT2D eigenvalue weighted by Gasteiger charge is 2.16. The summed E-state index contributed by atoms with van der Waals surface area (Å²) in [5.74, 6) is -0.202. The second-order valence-electron chi connectivity index (χ2n) is 5.18. The highest BCUT2D eigenvalue weighted by molar-refractivity contribution is 7.12. The van der Waals surface area contributed by atoms with Gasteiger partial charge in [0.15, 0.2) is 0 Å². The molecular formula is C16H12N6OS2. The van der Waals surface area contributed by atoms with E-state index < -0.39 is 0 Å². The van der Waals surface area contributed by atoms with Crippen molar-refractivity contribution < 1.29 is 4.79 Å². The predicted molar refractivity (Wildman–Crippen MR) is 97.3 cm³/mol. The summed E-state index contributed by atoms with van der Waals surface area (Å²) in [6.45, 7) is 1.97. The van der Waals surface area contributed by atoms with Gasteiger partial charge in [-0.25, -0.2) is 4.98 Å². The van der Waals surface area contributed by atoms with Crippen molar-refractivity contribution in [2.75, 3.05) is 5.32 Å². The Morgan fingerprint density at radius 1 is 1.24 bits per heavy atom. The molecule has 0 aliphatic carbocycles. The van der Waals surface area contributed by atoms with Gasteiger partial charge in [-0.1, -0.05) is 12.1 Å². The number of nitrogens with zero attached hydrogens (tertiary/aromatic N) is 5. The molecule has 1 N–H and O–H groups in total. The topological polar surface area (TPSA) is 85.6 Å². The van der Waals surface area contributed by atoms with E-state index in [1.807, 2.05) is 48.0 Å². The zero-order valence-corrected chi connectivity index (χ0v) is 14.7. The van der Waals surface area contributed by atoms with Crippen LogP contribution >= 0.6 is 22.7 Å². The van der Waals surface area contributed by atoms with Gasteiger partial charge in [0.25, 0.3) is 5.91 Å². The minimum Gasteiger partial charge on any atom is -0.321 e. The number of tetrazole rings is 1. The minimum atomic E-state index is -0.202. The van der Waals surface area contributed by atoms with Gasteiger partial charge >= 0.3 is 0 Å². The van der Waals surface area contributed by atoms with Crippen molar-refractivity contribution in [1.29, 1.82) is 0 Å². The van der Waals surface area contributed by atoms with Gasteiger partial charge in [-0.3, -0.25) is 4.79 Å². The van der Waals surface area contributed by atoms with Crippen LogP contribution in [0.25, 0.3) is 16.9 Å². The van der Waals surface area contributed by atoms with Crippen molar-refractivity contribution in [2.45, 2.75) is 6.92 Å². The first-order chi connectivity index (χ1) is 12.2. The molecular weight excluding hydrogens is 356 g/mol. The molecule has 1 amide bonds. The summed E-state index contributed by atoms with van der Waals surface area (Å²) in [6, 6.07) is 9.45. The first-order valence-corrected chi connectivity index (χ1v) is 9.11. The Labute approximate surface area is 151 Å². The van der Waals surface area contributed by atoms with Gasteiger partial charge in [-0.15, -0.1) is 27.8 Å². The predicted octanol–water partition coefficient (Wildman–Crippen LogP) is 3.41. The van der Waals surface area contributed by atoms with E-state index in [0.29, 0.717) is 16.3 Å². The number of carbonyl (C=O) groups is 1. The van der Waals surface area contributed by atoms with Gasteiger partial charge in [0.05, 0.1) is 16.4 Å². The lowest BCUT2D eigenvalue weighted by atomic mass is 10.1. The molecule has 0 aliphatic rings. The third-order valence-electron chi connectivity index (χ3n) is 3.48. The molecule has 0 bridgehead atoms. The number of aromatic nitrogens is 5.